The molecule has 57 heavy (non-hydrogen) atoms. The topological polar surface area (TPSA) is 136 Å². The molecule has 2 amide bonds. The van der Waals surface area contributed by atoms with E-state index in [-0.39, 0.29) is 34.3 Å². The first kappa shape index (κ1) is 38.5. The summed E-state index contributed by atoms with van der Waals surface area (Å²) < 4.78 is 41.3. The van der Waals surface area contributed by atoms with Crippen LogP contribution in [0.4, 0.5) is 25.1 Å². The van der Waals surface area contributed by atoms with Gasteiger partial charge in [0.25, 0.3) is 12.0 Å². The predicted molar refractivity (Wildman–Crippen MR) is 214 cm³/mol. The third-order valence-corrected chi connectivity index (χ3v) is 12.1. The van der Waals surface area contributed by atoms with Crippen LogP contribution >= 0.6 is 11.6 Å². The Hall–Kier alpha value is -5.38. The Kier molecular flexibility index (Phi) is 10.0. The zero-order valence-electron chi connectivity index (χ0n) is 32.3. The fraction of sp³-hybridized carbons (Fsp3) is 0.390. The maximum Gasteiger partial charge on any atom is 0.330 e. The molecule has 1 aliphatic carbocycles. The molecular weight excluding hydrogens is 758 g/mol. The number of fused-ring (bicyclic) bond motifs is 2. The van der Waals surface area contributed by atoms with E-state index in [1.807, 2.05) is 36.1 Å². The van der Waals surface area contributed by atoms with Crippen LogP contribution in [0.3, 0.4) is 0 Å². The maximum atomic E-state index is 14.0. The summed E-state index contributed by atoms with van der Waals surface area (Å²) >= 11 is 7.24. The number of benzene rings is 2. The molecule has 2 aromatic carbocycles. The van der Waals surface area contributed by atoms with Gasteiger partial charge in [0.15, 0.2) is 0 Å². The number of ether oxygens (including phenoxy) is 2. The van der Waals surface area contributed by atoms with Crippen LogP contribution < -0.4 is 26.6 Å². The van der Waals surface area contributed by atoms with Crippen LogP contribution in [0.25, 0.3) is 33.3 Å². The second kappa shape index (κ2) is 14.8. The van der Waals surface area contributed by atoms with E-state index >= 15 is 0 Å². The molecule has 2 fully saturated rings. The molecule has 2 unspecified atom stereocenters. The highest BCUT2D eigenvalue weighted by atomic mass is 35.5. The van der Waals surface area contributed by atoms with E-state index in [1.54, 1.807) is 26.4 Å². The number of pyridine rings is 2. The molecule has 2 N–H and O–H groups in total. The number of nitrogens with zero attached hydrogens (tertiary/aromatic N) is 6. The number of aryl methyl sites for hydroxylation is 2. The lowest BCUT2D eigenvalue weighted by atomic mass is 9.96. The highest BCUT2D eigenvalue weighted by Gasteiger charge is 2.49. The lowest BCUT2D eigenvalue weighted by Crippen LogP contribution is -2.46. The smallest absolute Gasteiger partial charge is 0.330 e. The normalized spacial score (nSPS) is 19.3. The second-order valence-corrected chi connectivity index (χ2v) is 15.4. The van der Waals surface area contributed by atoms with Crippen molar-refractivity contribution in [2.24, 2.45) is 14.1 Å². The van der Waals surface area contributed by atoms with Crippen LogP contribution in [0.1, 0.15) is 47.7 Å². The average molecular weight is 801 g/mol. The Morgan fingerprint density at radius 2 is 1.77 bits per heavy atom. The quantitative estimate of drug-likeness (QED) is 0.171. The number of likely N-dealkylation sites (tertiary alicyclic amines) is 1. The van der Waals surface area contributed by atoms with Gasteiger partial charge in [0, 0.05) is 75.8 Å². The van der Waals surface area contributed by atoms with Crippen molar-refractivity contribution >= 4 is 40.0 Å². The summed E-state index contributed by atoms with van der Waals surface area (Å²) in [4.78, 5) is 52.2. The fourth-order valence-corrected chi connectivity index (χ4v) is 9.07. The first-order valence-electron chi connectivity index (χ1n) is 18.8. The lowest BCUT2D eigenvalue weighted by molar-refractivity contribution is 0.146. The molecular formula is C41H43ClF2N8O5. The Labute approximate surface area is 332 Å². The number of carbonyl (C=O) groups excluding carboxylic acids is 1. The highest BCUT2D eigenvalue weighted by molar-refractivity contribution is 6.36. The summed E-state index contributed by atoms with van der Waals surface area (Å²) in [5, 5.41) is 6.85. The number of hydrogen-bond donors (Lipinski definition) is 2. The SMILES string of the molecule is COCCN1CC2(CCN(C3CCc4cc(-c5cccc(-c6cccc(Nc7nc(C(F)F)cc8c7c(=O)n(C)c(=O)n8C)c6C)c5Cl)nc(OC)c43)C2)NC1=O. The minimum absolute atomic E-state index is 0.00633. The number of halogens is 3. The third kappa shape index (κ3) is 6.60. The second-order valence-electron chi connectivity index (χ2n) is 15.1. The number of amides is 2. The Bertz CT molecular complexity index is 2560. The van der Waals surface area contributed by atoms with Crippen LogP contribution in [0.2, 0.25) is 5.02 Å². The van der Waals surface area contributed by atoms with E-state index in [1.165, 1.54) is 14.1 Å². The van der Waals surface area contributed by atoms with Crippen molar-refractivity contribution < 1.29 is 23.0 Å². The average Bonchev–Trinajstić information content (AvgIpc) is 3.91. The molecule has 0 radical (unpaired) electrons. The summed E-state index contributed by atoms with van der Waals surface area (Å²) in [6, 6.07) is 14.4. The number of aromatic nitrogens is 4. The summed E-state index contributed by atoms with van der Waals surface area (Å²) in [7, 11) is 6.02. The Morgan fingerprint density at radius 3 is 2.53 bits per heavy atom. The number of methoxy groups -OCH3 is 2. The molecule has 0 bridgehead atoms. The minimum Gasteiger partial charge on any atom is -0.481 e. The van der Waals surface area contributed by atoms with E-state index in [2.05, 4.69) is 26.6 Å². The Morgan fingerprint density at radius 1 is 1.02 bits per heavy atom. The summed E-state index contributed by atoms with van der Waals surface area (Å²) in [6.45, 7) is 5.14. The number of alkyl halides is 2. The van der Waals surface area contributed by atoms with Crippen LogP contribution in [-0.2, 0) is 25.3 Å². The van der Waals surface area contributed by atoms with Crippen LogP contribution in [0.15, 0.2) is 58.1 Å². The monoisotopic (exact) mass is 800 g/mol. The van der Waals surface area contributed by atoms with Crippen molar-refractivity contribution in [2.45, 2.75) is 44.2 Å². The van der Waals surface area contributed by atoms with Gasteiger partial charge in [0.1, 0.15) is 16.9 Å². The number of carbonyl (C=O) groups is 1. The molecule has 0 saturated carbocycles. The molecule has 2 saturated heterocycles. The van der Waals surface area contributed by atoms with Crippen molar-refractivity contribution in [3.8, 4) is 28.3 Å². The number of nitrogens with one attached hydrogen (secondary N) is 2. The van der Waals surface area contributed by atoms with E-state index in [9.17, 15) is 23.2 Å². The van der Waals surface area contributed by atoms with Gasteiger partial charge in [0.05, 0.1) is 35.5 Å². The molecule has 13 nitrogen and oxygen atoms in total. The first-order valence-corrected chi connectivity index (χ1v) is 19.1. The molecule has 3 aliphatic rings. The standard InChI is InChI=1S/C41H43ClF2N8O5/c1-22-24(8-7-11-27(22)45-36-33-31(19-29(46-36)35(43)44)49(2)40(55)50(3)38(33)53)25-9-6-10-26(34(25)42)28-18-23-12-13-30(32(23)37(47-28)57-5)51-15-14-41(20-51)21-52(16-17-56-4)39(54)48-41/h6-11,18-19,30,35H,12-17,20-21H2,1-5H3,(H,45,46)(H,48,54). The lowest BCUT2D eigenvalue weighted by Gasteiger charge is -2.28. The zero-order chi connectivity index (χ0) is 40.3. The number of urea groups is 1. The van der Waals surface area contributed by atoms with Gasteiger partial charge in [-0.2, -0.15) is 0 Å². The molecule has 8 rings (SSSR count). The van der Waals surface area contributed by atoms with Crippen molar-refractivity contribution in [2.75, 3.05) is 52.3 Å². The van der Waals surface area contributed by atoms with Crippen molar-refractivity contribution in [3.05, 3.63) is 96.8 Å². The largest absolute Gasteiger partial charge is 0.481 e. The maximum absolute atomic E-state index is 14.0. The van der Waals surface area contributed by atoms with Gasteiger partial charge in [-0.3, -0.25) is 18.8 Å². The van der Waals surface area contributed by atoms with Gasteiger partial charge in [-0.15, -0.1) is 0 Å². The number of anilines is 2. The van der Waals surface area contributed by atoms with E-state index < -0.39 is 23.4 Å². The molecule has 5 heterocycles. The number of hydrogen-bond acceptors (Lipinski definition) is 9. The van der Waals surface area contributed by atoms with Gasteiger partial charge < -0.3 is 25.0 Å². The summed E-state index contributed by atoms with van der Waals surface area (Å²) in [5.74, 6) is 0.453. The van der Waals surface area contributed by atoms with E-state index in [4.69, 9.17) is 26.1 Å². The first-order chi connectivity index (χ1) is 27.3. The van der Waals surface area contributed by atoms with E-state index in [0.717, 1.165) is 69.8 Å². The van der Waals surface area contributed by atoms with Crippen LogP contribution in [0.5, 0.6) is 5.88 Å². The fourth-order valence-electron chi connectivity index (χ4n) is 8.75. The third-order valence-electron chi connectivity index (χ3n) is 11.7. The highest BCUT2D eigenvalue weighted by Crippen LogP contribution is 2.47. The molecule has 2 aliphatic heterocycles. The van der Waals surface area contributed by atoms with Gasteiger partial charge in [-0.05, 0) is 61.1 Å². The van der Waals surface area contributed by atoms with Crippen LogP contribution in [0, 0.1) is 6.92 Å². The molecule has 3 aromatic heterocycles. The van der Waals surface area contributed by atoms with Crippen molar-refractivity contribution in [1.82, 2.24) is 34.2 Å². The van der Waals surface area contributed by atoms with Gasteiger partial charge in [-0.1, -0.05) is 41.9 Å². The summed E-state index contributed by atoms with van der Waals surface area (Å²) in [6.07, 6.45) is -0.353. The van der Waals surface area contributed by atoms with Gasteiger partial charge in [0.2, 0.25) is 5.88 Å². The molecule has 1 spiro atoms. The van der Waals surface area contributed by atoms with Crippen molar-refractivity contribution in [1.29, 1.82) is 0 Å². The molecule has 2 atom stereocenters. The molecule has 5 aromatic rings. The molecule has 16 heteroatoms. The zero-order valence-corrected chi connectivity index (χ0v) is 33.0. The summed E-state index contributed by atoms with van der Waals surface area (Å²) in [5.41, 5.74) is 4.16. The van der Waals surface area contributed by atoms with Gasteiger partial charge >= 0.3 is 11.7 Å². The molecule has 298 valence electrons. The Balaban J connectivity index is 1.11. The van der Waals surface area contributed by atoms with E-state index in [0.29, 0.717) is 53.1 Å². The predicted octanol–water partition coefficient (Wildman–Crippen LogP) is 6.12. The minimum atomic E-state index is -2.94. The number of rotatable bonds is 10. The van der Waals surface area contributed by atoms with Crippen LogP contribution in [-0.4, -0.2) is 87.5 Å². The van der Waals surface area contributed by atoms with Crippen molar-refractivity contribution in [3.63, 3.8) is 0 Å². The van der Waals surface area contributed by atoms with Gasteiger partial charge in [-0.25, -0.2) is 28.3 Å².